The molecule has 0 atom stereocenters. The van der Waals surface area contributed by atoms with Crippen molar-refractivity contribution in [1.29, 1.82) is 0 Å². The van der Waals surface area contributed by atoms with Crippen LogP contribution < -0.4 is 9.88 Å². The van der Waals surface area contributed by atoms with Crippen LogP contribution >= 0.6 is 0 Å². The molecule has 0 radical (unpaired) electrons. The second kappa shape index (κ2) is 6.12. The predicted octanol–water partition coefficient (Wildman–Crippen LogP) is 4.50. The molecule has 1 aliphatic heterocycles. The van der Waals surface area contributed by atoms with Gasteiger partial charge in [-0.25, -0.2) is 0 Å². The van der Waals surface area contributed by atoms with Gasteiger partial charge in [0.1, 0.15) is 7.05 Å². The average molecular weight is 315 g/mol. The summed E-state index contributed by atoms with van der Waals surface area (Å²) in [5, 5.41) is 4.76. The van der Waals surface area contributed by atoms with Crippen molar-refractivity contribution < 1.29 is 4.57 Å². The van der Waals surface area contributed by atoms with Crippen molar-refractivity contribution in [2.45, 2.75) is 19.8 Å². The molecule has 2 nitrogen and oxygen atoms in total. The van der Waals surface area contributed by atoms with Gasteiger partial charge in [-0.2, -0.15) is 4.57 Å². The number of pyridine rings is 1. The molecule has 1 aromatic heterocycles. The fourth-order valence-electron chi connectivity index (χ4n) is 3.49. The summed E-state index contributed by atoms with van der Waals surface area (Å²) in [6, 6.07) is 17.7. The van der Waals surface area contributed by atoms with Crippen molar-refractivity contribution in [3.05, 3.63) is 70.9 Å². The van der Waals surface area contributed by atoms with E-state index in [1.54, 1.807) is 0 Å². The van der Waals surface area contributed by atoms with Crippen LogP contribution in [0.5, 0.6) is 0 Å². The first-order chi connectivity index (χ1) is 11.7. The lowest BCUT2D eigenvalue weighted by Crippen LogP contribution is -2.32. The minimum Gasteiger partial charge on any atom is -0.385 e. The fraction of sp³-hybridized carbons (Fsp3) is 0.227. The molecule has 0 saturated carbocycles. The lowest BCUT2D eigenvalue weighted by molar-refractivity contribution is -0.646. The average Bonchev–Trinajstić information content (AvgIpc) is 2.61. The molecule has 0 saturated heterocycles. The van der Waals surface area contributed by atoms with Gasteiger partial charge < -0.3 is 5.32 Å². The molecule has 24 heavy (non-hydrogen) atoms. The number of aryl methyl sites for hydroxylation is 3. The summed E-state index contributed by atoms with van der Waals surface area (Å²) >= 11 is 0. The number of nitrogens with one attached hydrogen (secondary N) is 1. The van der Waals surface area contributed by atoms with E-state index in [-0.39, 0.29) is 0 Å². The van der Waals surface area contributed by atoms with Crippen molar-refractivity contribution in [2.24, 2.45) is 7.05 Å². The zero-order chi connectivity index (χ0) is 16.5. The van der Waals surface area contributed by atoms with E-state index in [4.69, 9.17) is 0 Å². The van der Waals surface area contributed by atoms with Gasteiger partial charge in [0.05, 0.1) is 0 Å². The van der Waals surface area contributed by atoms with Crippen LogP contribution in [-0.4, -0.2) is 6.54 Å². The van der Waals surface area contributed by atoms with E-state index >= 15 is 0 Å². The van der Waals surface area contributed by atoms with Crippen molar-refractivity contribution in [3.8, 4) is 0 Å². The maximum Gasteiger partial charge on any atom is 0.212 e. The lowest BCUT2D eigenvalue weighted by Gasteiger charge is -2.17. The molecule has 0 spiro atoms. The van der Waals surface area contributed by atoms with Gasteiger partial charge in [0.2, 0.25) is 11.2 Å². The Balaban J connectivity index is 1.67. The zero-order valence-electron chi connectivity index (χ0n) is 14.3. The molecule has 3 aromatic rings. The third-order valence-electron chi connectivity index (χ3n) is 4.88. The van der Waals surface area contributed by atoms with E-state index in [2.05, 4.69) is 84.5 Å². The summed E-state index contributed by atoms with van der Waals surface area (Å²) < 4.78 is 2.26. The first kappa shape index (κ1) is 14.9. The Kier molecular flexibility index (Phi) is 3.81. The van der Waals surface area contributed by atoms with Gasteiger partial charge in [-0.3, -0.25) is 0 Å². The maximum atomic E-state index is 3.47. The molecule has 0 unspecified atom stereocenters. The van der Waals surface area contributed by atoms with E-state index < -0.39 is 0 Å². The molecule has 2 heteroatoms. The third kappa shape index (κ3) is 2.80. The first-order valence-electron chi connectivity index (χ1n) is 8.65. The molecular formula is C22H23N2+. The molecular weight excluding hydrogens is 292 g/mol. The van der Waals surface area contributed by atoms with Crippen LogP contribution in [0.1, 0.15) is 28.8 Å². The SMILES string of the molecule is Cc1ccc2c(ccc(/C=C/c3ccc4c(c3)CCCN4)[n+]2C)c1. The summed E-state index contributed by atoms with van der Waals surface area (Å²) in [4.78, 5) is 0. The van der Waals surface area contributed by atoms with E-state index in [0.29, 0.717) is 0 Å². The van der Waals surface area contributed by atoms with Crippen LogP contribution in [-0.2, 0) is 13.5 Å². The Morgan fingerprint density at radius 1 is 1.00 bits per heavy atom. The highest BCUT2D eigenvalue weighted by Gasteiger charge is 2.10. The number of fused-ring (bicyclic) bond motifs is 2. The molecule has 4 rings (SSSR count). The molecule has 1 N–H and O–H groups in total. The normalized spacial score (nSPS) is 13.9. The van der Waals surface area contributed by atoms with Crippen molar-refractivity contribution >= 4 is 28.7 Å². The summed E-state index contributed by atoms with van der Waals surface area (Å²) in [7, 11) is 2.13. The van der Waals surface area contributed by atoms with E-state index in [1.807, 2.05) is 0 Å². The summed E-state index contributed by atoms with van der Waals surface area (Å²) in [6.07, 6.45) is 6.81. The van der Waals surface area contributed by atoms with Crippen LogP contribution in [0.4, 0.5) is 5.69 Å². The number of hydrogen-bond acceptors (Lipinski definition) is 1. The number of benzene rings is 2. The second-order valence-corrected chi connectivity index (χ2v) is 6.66. The first-order valence-corrected chi connectivity index (χ1v) is 8.65. The van der Waals surface area contributed by atoms with E-state index in [1.165, 1.54) is 51.8 Å². The van der Waals surface area contributed by atoms with Gasteiger partial charge in [-0.1, -0.05) is 17.7 Å². The Labute approximate surface area is 143 Å². The van der Waals surface area contributed by atoms with Gasteiger partial charge in [0, 0.05) is 35.8 Å². The maximum absolute atomic E-state index is 3.47. The van der Waals surface area contributed by atoms with Crippen LogP contribution in [0.15, 0.2) is 48.5 Å². The van der Waals surface area contributed by atoms with Gasteiger partial charge in [-0.05, 0) is 61.2 Å². The van der Waals surface area contributed by atoms with Crippen molar-refractivity contribution in [1.82, 2.24) is 0 Å². The molecule has 1 aliphatic rings. The summed E-state index contributed by atoms with van der Waals surface area (Å²) in [5.74, 6) is 0. The number of nitrogens with zero attached hydrogens (tertiary/aromatic N) is 1. The van der Waals surface area contributed by atoms with Crippen LogP contribution in [0.2, 0.25) is 0 Å². The van der Waals surface area contributed by atoms with Gasteiger partial charge in [0.15, 0.2) is 0 Å². The standard InChI is InChI=1S/C22H22N2/c1-16-5-12-22-19(14-16)8-10-20(24(22)2)9-6-17-7-11-21-18(15-17)4-3-13-23-21/h5-12,14-15H,3-4,13H2,1-2H3/p+1. The van der Waals surface area contributed by atoms with E-state index in [9.17, 15) is 0 Å². The summed E-state index contributed by atoms with van der Waals surface area (Å²) in [6.45, 7) is 3.23. The Bertz CT molecular complexity index is 938. The highest BCUT2D eigenvalue weighted by atomic mass is 14.9. The molecule has 2 heterocycles. The van der Waals surface area contributed by atoms with E-state index in [0.717, 1.165) is 6.54 Å². The molecule has 0 amide bonds. The Morgan fingerprint density at radius 3 is 2.83 bits per heavy atom. The monoisotopic (exact) mass is 315 g/mol. The lowest BCUT2D eigenvalue weighted by atomic mass is 10.0. The minimum atomic E-state index is 1.09. The highest BCUT2D eigenvalue weighted by Crippen LogP contribution is 2.23. The van der Waals surface area contributed by atoms with Gasteiger partial charge in [0.25, 0.3) is 0 Å². The number of hydrogen-bond donors (Lipinski definition) is 1. The van der Waals surface area contributed by atoms with Crippen molar-refractivity contribution in [3.63, 3.8) is 0 Å². The molecule has 0 aliphatic carbocycles. The molecule has 0 bridgehead atoms. The van der Waals surface area contributed by atoms with Gasteiger partial charge in [-0.15, -0.1) is 0 Å². The topological polar surface area (TPSA) is 15.9 Å². The fourth-order valence-corrected chi connectivity index (χ4v) is 3.49. The van der Waals surface area contributed by atoms with Crippen LogP contribution in [0.25, 0.3) is 23.1 Å². The van der Waals surface area contributed by atoms with Crippen LogP contribution in [0, 0.1) is 6.92 Å². The Hall–Kier alpha value is -2.61. The molecule has 120 valence electrons. The molecule has 2 aromatic carbocycles. The largest absolute Gasteiger partial charge is 0.385 e. The molecule has 0 fully saturated rings. The number of anilines is 1. The second-order valence-electron chi connectivity index (χ2n) is 6.66. The smallest absolute Gasteiger partial charge is 0.212 e. The number of rotatable bonds is 2. The van der Waals surface area contributed by atoms with Gasteiger partial charge >= 0.3 is 0 Å². The zero-order valence-corrected chi connectivity index (χ0v) is 14.3. The predicted molar refractivity (Wildman–Crippen MR) is 102 cm³/mol. The minimum absolute atomic E-state index is 1.09. The quantitative estimate of drug-likeness (QED) is 0.688. The third-order valence-corrected chi connectivity index (χ3v) is 4.88. The highest BCUT2D eigenvalue weighted by molar-refractivity contribution is 5.78. The summed E-state index contributed by atoms with van der Waals surface area (Å²) in [5.41, 5.74) is 7.77. The van der Waals surface area contributed by atoms with Crippen molar-refractivity contribution in [2.75, 3.05) is 11.9 Å². The number of aromatic nitrogens is 1. The van der Waals surface area contributed by atoms with Crippen LogP contribution in [0.3, 0.4) is 0 Å². The Morgan fingerprint density at radius 2 is 1.92 bits per heavy atom.